The van der Waals surface area contributed by atoms with Gasteiger partial charge in [0, 0.05) is 0 Å². The van der Waals surface area contributed by atoms with Gasteiger partial charge in [-0.15, -0.1) is 5.06 Å². The number of para-hydroxylation sites is 1. The van der Waals surface area contributed by atoms with Gasteiger partial charge in [-0.3, -0.25) is 4.79 Å². The Morgan fingerprint density at radius 1 is 1.40 bits per heavy atom. The molecule has 0 N–H and O–H groups in total. The number of ether oxygens (including phenoxy) is 1. The van der Waals surface area contributed by atoms with Crippen molar-refractivity contribution >= 4 is 18.3 Å². The van der Waals surface area contributed by atoms with Crippen molar-refractivity contribution in [2.75, 3.05) is 11.7 Å². The number of amides is 1. The molecular weight excluding hydrogens is 198 g/mol. The highest BCUT2D eigenvalue weighted by Crippen LogP contribution is 2.14. The van der Waals surface area contributed by atoms with Gasteiger partial charge in [-0.25, -0.2) is 4.79 Å². The Kier molecular flexibility index (Phi) is 4.15. The number of rotatable bonds is 4. The van der Waals surface area contributed by atoms with Gasteiger partial charge >= 0.3 is 12.6 Å². The summed E-state index contributed by atoms with van der Waals surface area (Å²) in [7, 11) is 0. The maximum absolute atomic E-state index is 11.4. The smallest absolute Gasteiger partial charge is 0.447 e. The highest BCUT2D eigenvalue weighted by atomic mass is 16.7. The number of carbonyl (C=O) groups is 2. The lowest BCUT2D eigenvalue weighted by atomic mass is 10.3. The minimum Gasteiger partial charge on any atom is -0.447 e. The fourth-order valence-electron chi connectivity index (χ4n) is 0.998. The molecule has 1 aromatic rings. The molecule has 0 atom stereocenters. The number of hydrogen-bond donors (Lipinski definition) is 0. The largest absolute Gasteiger partial charge is 0.448 e. The van der Waals surface area contributed by atoms with Crippen molar-refractivity contribution in [3.05, 3.63) is 30.3 Å². The molecule has 0 spiro atoms. The molecule has 0 heterocycles. The molecule has 0 saturated carbocycles. The van der Waals surface area contributed by atoms with Crippen molar-refractivity contribution in [3.8, 4) is 0 Å². The summed E-state index contributed by atoms with van der Waals surface area (Å²) in [5.74, 6) is 0. The van der Waals surface area contributed by atoms with Gasteiger partial charge in [0.25, 0.3) is 0 Å². The summed E-state index contributed by atoms with van der Waals surface area (Å²) in [6, 6.07) is 8.47. The average Bonchev–Trinajstić information content (AvgIpc) is 2.27. The average molecular weight is 209 g/mol. The van der Waals surface area contributed by atoms with Crippen molar-refractivity contribution in [1.82, 2.24) is 0 Å². The van der Waals surface area contributed by atoms with Crippen LogP contribution in [0.25, 0.3) is 0 Å². The van der Waals surface area contributed by atoms with Crippen LogP contribution in [0.4, 0.5) is 10.5 Å². The molecule has 5 heteroatoms. The normalized spacial score (nSPS) is 9.13. The second-order valence-electron chi connectivity index (χ2n) is 2.53. The first kappa shape index (κ1) is 11.0. The lowest BCUT2D eigenvalue weighted by molar-refractivity contribution is -0.129. The first-order valence-electron chi connectivity index (χ1n) is 4.42. The van der Waals surface area contributed by atoms with Crippen LogP contribution in [0.5, 0.6) is 0 Å². The molecule has 5 nitrogen and oxygen atoms in total. The van der Waals surface area contributed by atoms with Gasteiger partial charge in [0.15, 0.2) is 0 Å². The van der Waals surface area contributed by atoms with E-state index >= 15 is 0 Å². The Bertz CT molecular complexity index is 325. The molecule has 1 rings (SSSR count). The number of anilines is 1. The third-order valence-electron chi connectivity index (χ3n) is 1.57. The van der Waals surface area contributed by atoms with Crippen molar-refractivity contribution < 1.29 is 19.2 Å². The zero-order chi connectivity index (χ0) is 11.1. The molecule has 0 aliphatic heterocycles. The SMILES string of the molecule is CCOC(=O)N(OC=O)c1ccccc1. The molecule has 0 fully saturated rings. The monoisotopic (exact) mass is 209 g/mol. The Balaban J connectivity index is 2.82. The van der Waals surface area contributed by atoms with Gasteiger partial charge in [-0.05, 0) is 19.1 Å². The molecule has 0 aliphatic carbocycles. The maximum Gasteiger partial charge on any atom is 0.448 e. The van der Waals surface area contributed by atoms with E-state index in [9.17, 15) is 9.59 Å². The molecule has 1 aromatic carbocycles. The van der Waals surface area contributed by atoms with Gasteiger partial charge in [-0.1, -0.05) is 18.2 Å². The summed E-state index contributed by atoms with van der Waals surface area (Å²) < 4.78 is 4.71. The summed E-state index contributed by atoms with van der Waals surface area (Å²) in [6.45, 7) is 2.05. The van der Waals surface area contributed by atoms with Crippen LogP contribution in [-0.2, 0) is 14.4 Å². The molecule has 0 radical (unpaired) electrons. The predicted molar refractivity (Wildman–Crippen MR) is 53.1 cm³/mol. The summed E-state index contributed by atoms with van der Waals surface area (Å²) in [4.78, 5) is 26.1. The van der Waals surface area contributed by atoms with E-state index in [1.54, 1.807) is 37.3 Å². The molecule has 0 bridgehead atoms. The van der Waals surface area contributed by atoms with Crippen LogP contribution in [-0.4, -0.2) is 19.2 Å². The number of carbonyl (C=O) groups excluding carboxylic acids is 2. The van der Waals surface area contributed by atoms with E-state index in [1.807, 2.05) is 0 Å². The van der Waals surface area contributed by atoms with Crippen LogP contribution in [0.2, 0.25) is 0 Å². The second kappa shape index (κ2) is 5.64. The number of hydrogen-bond acceptors (Lipinski definition) is 4. The first-order valence-corrected chi connectivity index (χ1v) is 4.42. The standard InChI is InChI=1S/C10H11NO4/c1-2-14-10(13)11(15-8-12)9-6-4-3-5-7-9/h3-8H,2H2,1H3. The van der Waals surface area contributed by atoms with Crippen LogP contribution in [0.3, 0.4) is 0 Å². The molecule has 15 heavy (non-hydrogen) atoms. The van der Waals surface area contributed by atoms with Gasteiger partial charge < -0.3 is 9.57 Å². The zero-order valence-corrected chi connectivity index (χ0v) is 8.25. The molecule has 0 aromatic heterocycles. The quantitative estimate of drug-likeness (QED) is 0.559. The van der Waals surface area contributed by atoms with Crippen LogP contribution in [0, 0.1) is 0 Å². The summed E-state index contributed by atoms with van der Waals surface area (Å²) in [5, 5.41) is 0.788. The maximum atomic E-state index is 11.4. The van der Waals surface area contributed by atoms with Gasteiger partial charge in [-0.2, -0.15) is 0 Å². The van der Waals surface area contributed by atoms with Crippen molar-refractivity contribution in [2.24, 2.45) is 0 Å². The Morgan fingerprint density at radius 2 is 2.07 bits per heavy atom. The lowest BCUT2D eigenvalue weighted by Crippen LogP contribution is -2.31. The minimum absolute atomic E-state index is 0.171. The van der Waals surface area contributed by atoms with Crippen molar-refractivity contribution in [2.45, 2.75) is 6.92 Å². The number of hydroxylamine groups is 1. The Labute approximate surface area is 87.2 Å². The third-order valence-corrected chi connectivity index (χ3v) is 1.57. The highest BCUT2D eigenvalue weighted by molar-refractivity contribution is 5.86. The minimum atomic E-state index is -0.726. The molecule has 0 saturated heterocycles. The molecule has 80 valence electrons. The van der Waals surface area contributed by atoms with E-state index in [0.717, 1.165) is 5.06 Å². The number of nitrogens with zero attached hydrogens (tertiary/aromatic N) is 1. The van der Waals surface area contributed by atoms with Crippen LogP contribution >= 0.6 is 0 Å². The van der Waals surface area contributed by atoms with Crippen LogP contribution in [0.15, 0.2) is 30.3 Å². The number of benzene rings is 1. The Morgan fingerprint density at radius 3 is 2.60 bits per heavy atom. The van der Waals surface area contributed by atoms with E-state index < -0.39 is 6.09 Å². The predicted octanol–water partition coefficient (Wildman–Crippen LogP) is 1.74. The third kappa shape index (κ3) is 2.98. The molecule has 0 aliphatic rings. The van der Waals surface area contributed by atoms with E-state index in [2.05, 4.69) is 4.84 Å². The summed E-state index contributed by atoms with van der Waals surface area (Å²) in [6.07, 6.45) is -0.726. The fraction of sp³-hybridized carbons (Fsp3) is 0.200. The second-order valence-corrected chi connectivity index (χ2v) is 2.53. The van der Waals surface area contributed by atoms with Gasteiger partial charge in [0.05, 0.1) is 12.3 Å². The first-order chi connectivity index (χ1) is 7.29. The molecule has 1 amide bonds. The highest BCUT2D eigenvalue weighted by Gasteiger charge is 2.17. The molecule has 0 unspecified atom stereocenters. The van der Waals surface area contributed by atoms with E-state index in [4.69, 9.17) is 4.74 Å². The fourth-order valence-corrected chi connectivity index (χ4v) is 0.998. The van der Waals surface area contributed by atoms with Crippen LogP contribution < -0.4 is 5.06 Å². The van der Waals surface area contributed by atoms with E-state index in [0.29, 0.717) is 5.69 Å². The van der Waals surface area contributed by atoms with Crippen molar-refractivity contribution in [1.29, 1.82) is 0 Å². The Hall–Kier alpha value is -2.04. The molecular formula is C10H11NO4. The zero-order valence-electron chi connectivity index (χ0n) is 8.25. The van der Waals surface area contributed by atoms with E-state index in [-0.39, 0.29) is 13.1 Å². The van der Waals surface area contributed by atoms with Gasteiger partial charge in [0.1, 0.15) is 0 Å². The van der Waals surface area contributed by atoms with Crippen molar-refractivity contribution in [3.63, 3.8) is 0 Å². The topological polar surface area (TPSA) is 55.8 Å². The lowest BCUT2D eigenvalue weighted by Gasteiger charge is -2.17. The van der Waals surface area contributed by atoms with E-state index in [1.165, 1.54) is 0 Å². The summed E-state index contributed by atoms with van der Waals surface area (Å²) >= 11 is 0. The summed E-state index contributed by atoms with van der Waals surface area (Å²) in [5.41, 5.74) is 0.433. The van der Waals surface area contributed by atoms with Gasteiger partial charge in [0.2, 0.25) is 0 Å². The van der Waals surface area contributed by atoms with Crippen LogP contribution in [0.1, 0.15) is 6.92 Å².